The quantitative estimate of drug-likeness (QED) is 0.681. The molecule has 0 unspecified atom stereocenters. The summed E-state index contributed by atoms with van der Waals surface area (Å²) in [7, 11) is 0. The molecule has 2 saturated carbocycles. The van der Waals surface area contributed by atoms with Crippen molar-refractivity contribution in [1.29, 1.82) is 0 Å². The van der Waals surface area contributed by atoms with Crippen LogP contribution in [-0.4, -0.2) is 5.78 Å². The van der Waals surface area contributed by atoms with Crippen molar-refractivity contribution in [3.05, 3.63) is 35.4 Å². The van der Waals surface area contributed by atoms with Crippen molar-refractivity contribution in [2.45, 2.75) is 51.4 Å². The summed E-state index contributed by atoms with van der Waals surface area (Å²) in [6.45, 7) is 2.25. The molecular weight excluding hydrogens is 232 g/mol. The number of hydrogen-bond acceptors (Lipinski definition) is 1. The second-order valence-electron chi connectivity index (χ2n) is 7.03. The Morgan fingerprint density at radius 3 is 2.84 bits per heavy atom. The van der Waals surface area contributed by atoms with E-state index < -0.39 is 0 Å². The minimum Gasteiger partial charge on any atom is -0.299 e. The van der Waals surface area contributed by atoms with Gasteiger partial charge in [-0.2, -0.15) is 0 Å². The summed E-state index contributed by atoms with van der Waals surface area (Å²) in [6.07, 6.45) is 6.85. The molecule has 0 aliphatic heterocycles. The van der Waals surface area contributed by atoms with E-state index in [4.69, 9.17) is 0 Å². The van der Waals surface area contributed by atoms with Crippen LogP contribution in [0.15, 0.2) is 24.3 Å². The van der Waals surface area contributed by atoms with Gasteiger partial charge in [0, 0.05) is 11.8 Å². The molecule has 0 N–H and O–H groups in total. The Hall–Kier alpha value is -1.11. The van der Waals surface area contributed by atoms with Crippen LogP contribution in [0.4, 0.5) is 0 Å². The van der Waals surface area contributed by atoms with Gasteiger partial charge in [-0.05, 0) is 61.0 Å². The Labute approximate surface area is 115 Å². The molecule has 0 heterocycles. The Balaban J connectivity index is 1.74. The standard InChI is InChI=1S/C18H22O/c1-18-11-10-14-13-5-3-2-4-12(13)6-7-15(14)16(18)8-9-17(18)19/h2-5,14-16H,6-11H2,1H3/t14-,15-,16+,18+/m1/s1. The van der Waals surface area contributed by atoms with E-state index in [1.807, 2.05) is 0 Å². The zero-order valence-corrected chi connectivity index (χ0v) is 11.7. The topological polar surface area (TPSA) is 17.1 Å². The summed E-state index contributed by atoms with van der Waals surface area (Å²) in [5.41, 5.74) is 3.19. The molecule has 4 atom stereocenters. The largest absolute Gasteiger partial charge is 0.299 e. The van der Waals surface area contributed by atoms with Gasteiger partial charge in [0.2, 0.25) is 0 Å². The van der Waals surface area contributed by atoms with E-state index in [-0.39, 0.29) is 5.41 Å². The summed E-state index contributed by atoms with van der Waals surface area (Å²) in [5.74, 6) is 2.70. The smallest absolute Gasteiger partial charge is 0.139 e. The lowest BCUT2D eigenvalue weighted by Gasteiger charge is -2.48. The van der Waals surface area contributed by atoms with E-state index in [9.17, 15) is 4.79 Å². The third-order valence-corrected chi connectivity index (χ3v) is 6.35. The molecule has 19 heavy (non-hydrogen) atoms. The maximum Gasteiger partial charge on any atom is 0.139 e. The number of benzene rings is 1. The van der Waals surface area contributed by atoms with Gasteiger partial charge >= 0.3 is 0 Å². The van der Waals surface area contributed by atoms with Gasteiger partial charge in [-0.3, -0.25) is 4.79 Å². The summed E-state index contributed by atoms with van der Waals surface area (Å²) < 4.78 is 0. The lowest BCUT2D eigenvalue weighted by Crippen LogP contribution is -2.42. The highest BCUT2D eigenvalue weighted by atomic mass is 16.1. The predicted octanol–water partition coefficient (Wildman–Crippen LogP) is 4.11. The van der Waals surface area contributed by atoms with E-state index in [1.54, 1.807) is 11.1 Å². The van der Waals surface area contributed by atoms with Gasteiger partial charge in [-0.15, -0.1) is 0 Å². The van der Waals surface area contributed by atoms with Gasteiger partial charge in [0.15, 0.2) is 0 Å². The van der Waals surface area contributed by atoms with Crippen molar-refractivity contribution in [1.82, 2.24) is 0 Å². The van der Waals surface area contributed by atoms with Crippen LogP contribution in [0.3, 0.4) is 0 Å². The molecule has 2 fully saturated rings. The fourth-order valence-electron chi connectivity index (χ4n) is 5.29. The van der Waals surface area contributed by atoms with Crippen molar-refractivity contribution < 1.29 is 4.79 Å². The molecule has 0 saturated heterocycles. The molecule has 0 radical (unpaired) electrons. The summed E-state index contributed by atoms with van der Waals surface area (Å²) in [4.78, 5) is 12.3. The third kappa shape index (κ3) is 1.50. The van der Waals surface area contributed by atoms with Crippen molar-refractivity contribution in [3.8, 4) is 0 Å². The van der Waals surface area contributed by atoms with Gasteiger partial charge in [-0.25, -0.2) is 0 Å². The van der Waals surface area contributed by atoms with E-state index in [1.165, 1.54) is 19.3 Å². The molecule has 0 bridgehead atoms. The Morgan fingerprint density at radius 1 is 1.11 bits per heavy atom. The summed E-state index contributed by atoms with van der Waals surface area (Å²) in [5, 5.41) is 0. The lowest BCUT2D eigenvalue weighted by molar-refractivity contribution is -0.129. The van der Waals surface area contributed by atoms with E-state index in [0.29, 0.717) is 11.7 Å². The zero-order chi connectivity index (χ0) is 13.0. The second kappa shape index (κ2) is 3.94. The summed E-state index contributed by atoms with van der Waals surface area (Å²) in [6, 6.07) is 9.00. The van der Waals surface area contributed by atoms with E-state index >= 15 is 0 Å². The molecule has 3 aliphatic carbocycles. The van der Waals surface area contributed by atoms with Crippen LogP contribution in [0.25, 0.3) is 0 Å². The van der Waals surface area contributed by atoms with Crippen LogP contribution in [0.5, 0.6) is 0 Å². The molecule has 1 heteroatoms. The number of carbonyl (C=O) groups is 1. The molecule has 0 amide bonds. The van der Waals surface area contributed by atoms with Crippen LogP contribution in [0.2, 0.25) is 0 Å². The van der Waals surface area contributed by atoms with E-state index in [0.717, 1.165) is 31.1 Å². The van der Waals surface area contributed by atoms with Gasteiger partial charge in [0.1, 0.15) is 5.78 Å². The normalized spacial score (nSPS) is 40.5. The van der Waals surface area contributed by atoms with Crippen LogP contribution in [-0.2, 0) is 11.2 Å². The molecule has 0 spiro atoms. The van der Waals surface area contributed by atoms with Gasteiger partial charge in [0.25, 0.3) is 0 Å². The Kier molecular flexibility index (Phi) is 2.43. The molecular formula is C18H22O. The lowest BCUT2D eigenvalue weighted by atomic mass is 9.55. The number of aryl methyl sites for hydroxylation is 1. The average Bonchev–Trinajstić information content (AvgIpc) is 2.75. The van der Waals surface area contributed by atoms with Crippen molar-refractivity contribution in [3.63, 3.8) is 0 Å². The fourth-order valence-corrected chi connectivity index (χ4v) is 5.29. The molecule has 3 aliphatic rings. The maximum absolute atomic E-state index is 12.3. The first kappa shape index (κ1) is 11.7. The molecule has 100 valence electrons. The molecule has 1 aromatic rings. The monoisotopic (exact) mass is 254 g/mol. The molecule has 1 aromatic carbocycles. The fraction of sp³-hybridized carbons (Fsp3) is 0.611. The molecule has 0 aromatic heterocycles. The van der Waals surface area contributed by atoms with Crippen LogP contribution in [0, 0.1) is 17.3 Å². The summed E-state index contributed by atoms with van der Waals surface area (Å²) >= 11 is 0. The van der Waals surface area contributed by atoms with Crippen molar-refractivity contribution in [2.75, 3.05) is 0 Å². The van der Waals surface area contributed by atoms with Crippen molar-refractivity contribution in [2.24, 2.45) is 17.3 Å². The Morgan fingerprint density at radius 2 is 1.95 bits per heavy atom. The van der Waals surface area contributed by atoms with E-state index in [2.05, 4.69) is 31.2 Å². The highest BCUT2D eigenvalue weighted by Crippen LogP contribution is 2.59. The number of rotatable bonds is 0. The number of carbonyl (C=O) groups excluding carboxylic acids is 1. The number of hydrogen-bond donors (Lipinski definition) is 0. The minimum absolute atomic E-state index is 0.0213. The second-order valence-corrected chi connectivity index (χ2v) is 7.03. The molecule has 1 nitrogen and oxygen atoms in total. The number of Topliss-reactive ketones (excluding diaryl/α,β-unsaturated/α-hetero) is 1. The zero-order valence-electron chi connectivity index (χ0n) is 11.7. The number of ketones is 1. The SMILES string of the molecule is C[C@]12CC[C@@H]3c4ccccc4CC[C@H]3[C@@H]1CCC2=O. The average molecular weight is 254 g/mol. The van der Waals surface area contributed by atoms with Gasteiger partial charge < -0.3 is 0 Å². The Bertz CT molecular complexity index is 532. The van der Waals surface area contributed by atoms with Gasteiger partial charge in [-0.1, -0.05) is 31.2 Å². The predicted molar refractivity (Wildman–Crippen MR) is 76.1 cm³/mol. The van der Waals surface area contributed by atoms with Crippen LogP contribution >= 0.6 is 0 Å². The molecule has 4 rings (SSSR count). The first-order chi connectivity index (χ1) is 9.20. The minimum atomic E-state index is 0.0213. The van der Waals surface area contributed by atoms with Gasteiger partial charge in [0.05, 0.1) is 0 Å². The third-order valence-electron chi connectivity index (χ3n) is 6.35. The van der Waals surface area contributed by atoms with Crippen LogP contribution in [0.1, 0.15) is 56.1 Å². The highest BCUT2D eigenvalue weighted by molar-refractivity contribution is 5.87. The van der Waals surface area contributed by atoms with Crippen LogP contribution < -0.4 is 0 Å². The maximum atomic E-state index is 12.3. The first-order valence-corrected chi connectivity index (χ1v) is 7.81. The van der Waals surface area contributed by atoms with Crippen molar-refractivity contribution >= 4 is 5.78 Å². The number of fused-ring (bicyclic) bond motifs is 5. The highest BCUT2D eigenvalue weighted by Gasteiger charge is 2.54. The first-order valence-electron chi connectivity index (χ1n) is 7.81.